The SMILES string of the molecule is COc1ccc(S(=O)(=O)Nc2cc([N+](=O)[O-])ccc2C)cc1OC. The Morgan fingerprint density at radius 1 is 1.04 bits per heavy atom. The predicted molar refractivity (Wildman–Crippen MR) is 88.2 cm³/mol. The lowest BCUT2D eigenvalue weighted by Gasteiger charge is -2.13. The van der Waals surface area contributed by atoms with Crippen LogP contribution in [0, 0.1) is 17.0 Å². The van der Waals surface area contributed by atoms with E-state index >= 15 is 0 Å². The molecule has 0 heterocycles. The third kappa shape index (κ3) is 3.57. The lowest BCUT2D eigenvalue weighted by molar-refractivity contribution is -0.384. The molecule has 0 bridgehead atoms. The number of anilines is 1. The molecule has 8 nitrogen and oxygen atoms in total. The molecule has 0 saturated carbocycles. The third-order valence-electron chi connectivity index (χ3n) is 3.34. The number of nitrogens with one attached hydrogen (secondary N) is 1. The lowest BCUT2D eigenvalue weighted by atomic mass is 10.2. The van der Waals surface area contributed by atoms with Gasteiger partial charge >= 0.3 is 0 Å². The fourth-order valence-electron chi connectivity index (χ4n) is 2.02. The van der Waals surface area contributed by atoms with E-state index in [-0.39, 0.29) is 22.0 Å². The predicted octanol–water partition coefficient (Wildman–Crippen LogP) is 2.72. The molecular weight excluding hydrogens is 336 g/mol. The van der Waals surface area contributed by atoms with E-state index in [1.54, 1.807) is 6.92 Å². The van der Waals surface area contributed by atoms with Crippen LogP contribution in [0.5, 0.6) is 11.5 Å². The molecule has 0 saturated heterocycles. The number of methoxy groups -OCH3 is 2. The monoisotopic (exact) mass is 352 g/mol. The van der Waals surface area contributed by atoms with E-state index in [1.807, 2.05) is 0 Å². The van der Waals surface area contributed by atoms with Gasteiger partial charge in [-0.05, 0) is 24.6 Å². The number of benzene rings is 2. The van der Waals surface area contributed by atoms with E-state index < -0.39 is 14.9 Å². The lowest BCUT2D eigenvalue weighted by Crippen LogP contribution is -2.14. The first-order chi connectivity index (χ1) is 11.3. The van der Waals surface area contributed by atoms with E-state index in [0.29, 0.717) is 11.3 Å². The normalized spacial score (nSPS) is 11.0. The van der Waals surface area contributed by atoms with Crippen molar-refractivity contribution in [2.75, 3.05) is 18.9 Å². The molecule has 0 aliphatic heterocycles. The average molecular weight is 352 g/mol. The second-order valence-electron chi connectivity index (χ2n) is 4.88. The highest BCUT2D eigenvalue weighted by Gasteiger charge is 2.19. The van der Waals surface area contributed by atoms with Crippen molar-refractivity contribution in [3.63, 3.8) is 0 Å². The maximum Gasteiger partial charge on any atom is 0.271 e. The van der Waals surface area contributed by atoms with E-state index in [0.717, 1.165) is 0 Å². The van der Waals surface area contributed by atoms with Crippen LogP contribution < -0.4 is 14.2 Å². The largest absolute Gasteiger partial charge is 0.493 e. The van der Waals surface area contributed by atoms with E-state index in [9.17, 15) is 18.5 Å². The topological polar surface area (TPSA) is 108 Å². The van der Waals surface area contributed by atoms with Gasteiger partial charge in [0.1, 0.15) is 0 Å². The molecule has 0 spiro atoms. The summed E-state index contributed by atoms with van der Waals surface area (Å²) in [6.07, 6.45) is 0. The smallest absolute Gasteiger partial charge is 0.271 e. The van der Waals surface area contributed by atoms with Gasteiger partial charge in [-0.2, -0.15) is 0 Å². The van der Waals surface area contributed by atoms with Crippen molar-refractivity contribution in [2.45, 2.75) is 11.8 Å². The number of hydrogen-bond acceptors (Lipinski definition) is 6. The van der Waals surface area contributed by atoms with Crippen molar-refractivity contribution in [2.24, 2.45) is 0 Å². The summed E-state index contributed by atoms with van der Waals surface area (Å²) in [5.41, 5.74) is 0.495. The fraction of sp³-hybridized carbons (Fsp3) is 0.200. The molecule has 2 rings (SSSR count). The Hall–Kier alpha value is -2.81. The van der Waals surface area contributed by atoms with Crippen molar-refractivity contribution in [3.8, 4) is 11.5 Å². The van der Waals surface area contributed by atoms with Crippen molar-refractivity contribution in [1.29, 1.82) is 0 Å². The first-order valence-corrected chi connectivity index (χ1v) is 8.26. The average Bonchev–Trinajstić information content (AvgIpc) is 2.55. The Kier molecular flexibility index (Phi) is 4.93. The summed E-state index contributed by atoms with van der Waals surface area (Å²) in [4.78, 5) is 10.2. The molecule has 2 aromatic carbocycles. The fourth-order valence-corrected chi connectivity index (χ4v) is 3.16. The van der Waals surface area contributed by atoms with Crippen LogP contribution >= 0.6 is 0 Å². The first-order valence-electron chi connectivity index (χ1n) is 6.78. The Labute approximate surface area is 139 Å². The summed E-state index contributed by atoms with van der Waals surface area (Å²) < 4.78 is 37.6. The number of nitro groups is 1. The molecule has 128 valence electrons. The zero-order valence-electron chi connectivity index (χ0n) is 13.3. The van der Waals surface area contributed by atoms with Crippen LogP contribution in [0.1, 0.15) is 5.56 Å². The summed E-state index contributed by atoms with van der Waals surface area (Å²) in [5.74, 6) is 0.652. The zero-order valence-corrected chi connectivity index (χ0v) is 14.1. The maximum atomic E-state index is 12.5. The minimum Gasteiger partial charge on any atom is -0.493 e. The van der Waals surface area contributed by atoms with E-state index in [4.69, 9.17) is 9.47 Å². The summed E-state index contributed by atoms with van der Waals surface area (Å²) in [6, 6.07) is 8.10. The van der Waals surface area contributed by atoms with E-state index in [1.165, 1.54) is 50.6 Å². The van der Waals surface area contributed by atoms with Gasteiger partial charge in [-0.25, -0.2) is 8.42 Å². The van der Waals surface area contributed by atoms with Gasteiger partial charge in [-0.1, -0.05) is 6.07 Å². The number of nitrogens with zero attached hydrogens (tertiary/aromatic N) is 1. The molecular formula is C15H16N2O6S. The highest BCUT2D eigenvalue weighted by molar-refractivity contribution is 7.92. The van der Waals surface area contributed by atoms with Gasteiger partial charge < -0.3 is 9.47 Å². The molecule has 0 fully saturated rings. The summed E-state index contributed by atoms with van der Waals surface area (Å²) in [7, 11) is -1.11. The van der Waals surface area contributed by atoms with Gasteiger partial charge in [0.25, 0.3) is 15.7 Å². The van der Waals surface area contributed by atoms with Crippen LogP contribution in [0.15, 0.2) is 41.3 Å². The molecule has 2 aromatic rings. The second-order valence-corrected chi connectivity index (χ2v) is 6.56. The Bertz CT molecular complexity index is 880. The quantitative estimate of drug-likeness (QED) is 0.632. The molecule has 0 unspecified atom stereocenters. The van der Waals surface area contributed by atoms with Gasteiger partial charge in [0.05, 0.1) is 29.7 Å². The van der Waals surface area contributed by atoms with Gasteiger partial charge in [0, 0.05) is 18.2 Å². The van der Waals surface area contributed by atoms with Gasteiger partial charge in [0.2, 0.25) is 0 Å². The second kappa shape index (κ2) is 6.75. The molecule has 1 N–H and O–H groups in total. The van der Waals surface area contributed by atoms with Crippen LogP contribution in [0.3, 0.4) is 0 Å². The number of ether oxygens (including phenoxy) is 2. The molecule has 0 radical (unpaired) electrons. The van der Waals surface area contributed by atoms with Crippen molar-refractivity contribution >= 4 is 21.4 Å². The molecule has 0 aliphatic carbocycles. The van der Waals surface area contributed by atoms with Crippen LogP contribution in [0.2, 0.25) is 0 Å². The Morgan fingerprint density at radius 2 is 1.71 bits per heavy atom. The van der Waals surface area contributed by atoms with Crippen molar-refractivity contribution in [3.05, 3.63) is 52.1 Å². The number of hydrogen-bond donors (Lipinski definition) is 1. The number of aryl methyl sites for hydroxylation is 1. The zero-order chi connectivity index (χ0) is 17.9. The minimum absolute atomic E-state index is 0.0499. The molecule has 0 amide bonds. The van der Waals surface area contributed by atoms with E-state index in [2.05, 4.69) is 4.72 Å². The number of non-ortho nitro benzene ring substituents is 1. The van der Waals surface area contributed by atoms with Crippen molar-refractivity contribution in [1.82, 2.24) is 0 Å². The number of sulfonamides is 1. The van der Waals surface area contributed by atoms with Crippen LogP contribution in [0.25, 0.3) is 0 Å². The van der Waals surface area contributed by atoms with Crippen LogP contribution in [-0.2, 0) is 10.0 Å². The van der Waals surface area contributed by atoms with Gasteiger partial charge in [0.15, 0.2) is 11.5 Å². The summed E-state index contributed by atoms with van der Waals surface area (Å²) >= 11 is 0. The highest BCUT2D eigenvalue weighted by atomic mass is 32.2. The Morgan fingerprint density at radius 3 is 2.29 bits per heavy atom. The first kappa shape index (κ1) is 17.5. The third-order valence-corrected chi connectivity index (χ3v) is 4.70. The van der Waals surface area contributed by atoms with Gasteiger partial charge in [-0.15, -0.1) is 0 Å². The number of nitro benzene ring substituents is 1. The standard InChI is InChI=1S/C15H16N2O6S/c1-10-4-5-11(17(18)19)8-13(10)16-24(20,21)12-6-7-14(22-2)15(9-12)23-3/h4-9,16H,1-3H3. The molecule has 0 atom stereocenters. The summed E-state index contributed by atoms with van der Waals surface area (Å²) in [6.45, 7) is 1.65. The van der Waals surface area contributed by atoms with Gasteiger partial charge in [-0.3, -0.25) is 14.8 Å². The maximum absolute atomic E-state index is 12.5. The molecule has 0 aromatic heterocycles. The minimum atomic E-state index is -3.94. The van der Waals surface area contributed by atoms with Crippen LogP contribution in [0.4, 0.5) is 11.4 Å². The van der Waals surface area contributed by atoms with Crippen LogP contribution in [-0.4, -0.2) is 27.6 Å². The Balaban J connectivity index is 2.42. The van der Waals surface area contributed by atoms with Crippen molar-refractivity contribution < 1.29 is 22.8 Å². The highest BCUT2D eigenvalue weighted by Crippen LogP contribution is 2.31. The number of rotatable bonds is 6. The molecule has 9 heteroatoms. The molecule has 0 aliphatic rings. The summed E-state index contributed by atoms with van der Waals surface area (Å²) in [5, 5.41) is 10.9. The molecule has 24 heavy (non-hydrogen) atoms.